The summed E-state index contributed by atoms with van der Waals surface area (Å²) in [6.07, 6.45) is 1.20. The zero-order chi connectivity index (χ0) is 12.0. The largest absolute Gasteiger partial charge is 0.316 e. The van der Waals surface area contributed by atoms with Gasteiger partial charge in [0, 0.05) is 19.1 Å². The SMILES string of the molecule is CCC(C)N(C)Cc1cccc(CNC)c1. The molecule has 0 spiro atoms. The summed E-state index contributed by atoms with van der Waals surface area (Å²) in [7, 11) is 4.18. The Hall–Kier alpha value is -0.860. The van der Waals surface area contributed by atoms with Crippen molar-refractivity contribution in [1.82, 2.24) is 10.2 Å². The maximum atomic E-state index is 3.18. The van der Waals surface area contributed by atoms with Crippen molar-refractivity contribution >= 4 is 0 Å². The van der Waals surface area contributed by atoms with Crippen molar-refractivity contribution in [3.05, 3.63) is 35.4 Å². The van der Waals surface area contributed by atoms with Crippen molar-refractivity contribution < 1.29 is 0 Å². The van der Waals surface area contributed by atoms with Gasteiger partial charge in [0.15, 0.2) is 0 Å². The predicted molar refractivity (Wildman–Crippen MR) is 70.4 cm³/mol. The van der Waals surface area contributed by atoms with Crippen LogP contribution in [0.1, 0.15) is 31.4 Å². The van der Waals surface area contributed by atoms with Gasteiger partial charge in [0.1, 0.15) is 0 Å². The summed E-state index contributed by atoms with van der Waals surface area (Å²) in [4.78, 5) is 2.40. The summed E-state index contributed by atoms with van der Waals surface area (Å²) >= 11 is 0. The van der Waals surface area contributed by atoms with E-state index < -0.39 is 0 Å². The predicted octanol–water partition coefficient (Wildman–Crippen LogP) is 2.64. The van der Waals surface area contributed by atoms with E-state index in [0.29, 0.717) is 6.04 Å². The Labute approximate surface area is 99.7 Å². The maximum absolute atomic E-state index is 3.18. The Morgan fingerprint density at radius 3 is 2.62 bits per heavy atom. The van der Waals surface area contributed by atoms with Crippen LogP contribution in [0.15, 0.2) is 24.3 Å². The molecule has 0 saturated heterocycles. The number of hydrogen-bond donors (Lipinski definition) is 1. The van der Waals surface area contributed by atoms with E-state index in [1.165, 1.54) is 17.5 Å². The molecule has 2 heteroatoms. The van der Waals surface area contributed by atoms with E-state index in [0.717, 1.165) is 13.1 Å². The Balaban J connectivity index is 2.62. The highest BCUT2D eigenvalue weighted by Crippen LogP contribution is 2.10. The Morgan fingerprint density at radius 1 is 1.31 bits per heavy atom. The van der Waals surface area contributed by atoms with Crippen LogP contribution in [0.4, 0.5) is 0 Å². The highest BCUT2D eigenvalue weighted by molar-refractivity contribution is 5.23. The molecule has 2 nitrogen and oxygen atoms in total. The number of rotatable bonds is 6. The first-order chi connectivity index (χ1) is 7.67. The van der Waals surface area contributed by atoms with Gasteiger partial charge in [-0.25, -0.2) is 0 Å². The van der Waals surface area contributed by atoms with Crippen LogP contribution in [0.25, 0.3) is 0 Å². The molecule has 0 aliphatic carbocycles. The van der Waals surface area contributed by atoms with Crippen molar-refractivity contribution in [2.45, 2.75) is 39.4 Å². The van der Waals surface area contributed by atoms with Gasteiger partial charge in [-0.3, -0.25) is 4.90 Å². The lowest BCUT2D eigenvalue weighted by molar-refractivity contribution is 0.244. The molecule has 16 heavy (non-hydrogen) atoms. The van der Waals surface area contributed by atoms with Crippen molar-refractivity contribution in [2.24, 2.45) is 0 Å². The Bertz CT molecular complexity index is 309. The summed E-state index contributed by atoms with van der Waals surface area (Å²) in [5, 5.41) is 3.18. The van der Waals surface area contributed by atoms with E-state index >= 15 is 0 Å². The Kier molecular flexibility index (Phi) is 5.50. The van der Waals surface area contributed by atoms with Crippen LogP contribution in [0.2, 0.25) is 0 Å². The van der Waals surface area contributed by atoms with E-state index in [9.17, 15) is 0 Å². The molecule has 0 aliphatic rings. The van der Waals surface area contributed by atoms with Gasteiger partial charge < -0.3 is 5.32 Å². The third-order valence-electron chi connectivity index (χ3n) is 3.15. The third-order valence-corrected chi connectivity index (χ3v) is 3.15. The molecule has 0 saturated carbocycles. The van der Waals surface area contributed by atoms with Crippen LogP contribution < -0.4 is 5.32 Å². The summed E-state index contributed by atoms with van der Waals surface area (Å²) in [5.74, 6) is 0. The fourth-order valence-corrected chi connectivity index (χ4v) is 1.80. The molecule has 0 aromatic heterocycles. The van der Waals surface area contributed by atoms with Crippen molar-refractivity contribution in [3.63, 3.8) is 0 Å². The molecule has 1 rings (SSSR count). The van der Waals surface area contributed by atoms with E-state index in [4.69, 9.17) is 0 Å². The summed E-state index contributed by atoms with van der Waals surface area (Å²) in [6, 6.07) is 9.45. The molecule has 1 unspecified atom stereocenters. The number of nitrogens with one attached hydrogen (secondary N) is 1. The smallest absolute Gasteiger partial charge is 0.0233 e. The molecule has 1 aromatic rings. The summed E-state index contributed by atoms with van der Waals surface area (Å²) < 4.78 is 0. The molecule has 0 heterocycles. The number of benzene rings is 1. The lowest BCUT2D eigenvalue weighted by Crippen LogP contribution is -2.27. The first-order valence-corrected chi connectivity index (χ1v) is 6.10. The first kappa shape index (κ1) is 13.2. The van der Waals surface area contributed by atoms with E-state index in [1.807, 2.05) is 7.05 Å². The monoisotopic (exact) mass is 220 g/mol. The molecule has 1 aromatic carbocycles. The van der Waals surface area contributed by atoms with Crippen molar-refractivity contribution in [3.8, 4) is 0 Å². The minimum Gasteiger partial charge on any atom is -0.316 e. The van der Waals surface area contributed by atoms with Gasteiger partial charge in [-0.05, 0) is 38.6 Å². The first-order valence-electron chi connectivity index (χ1n) is 6.10. The second-order valence-corrected chi connectivity index (χ2v) is 4.52. The molecular weight excluding hydrogens is 196 g/mol. The second kappa shape index (κ2) is 6.66. The molecule has 1 N–H and O–H groups in total. The van der Waals surface area contributed by atoms with Gasteiger partial charge in [0.2, 0.25) is 0 Å². The normalized spacial score (nSPS) is 13.1. The molecule has 0 aliphatic heterocycles. The zero-order valence-corrected chi connectivity index (χ0v) is 11.0. The lowest BCUT2D eigenvalue weighted by atomic mass is 10.1. The molecule has 1 atom stereocenters. The molecule has 0 radical (unpaired) electrons. The van der Waals surface area contributed by atoms with E-state index in [2.05, 4.69) is 55.4 Å². The van der Waals surface area contributed by atoms with Crippen molar-refractivity contribution in [1.29, 1.82) is 0 Å². The minimum atomic E-state index is 0.646. The van der Waals surface area contributed by atoms with E-state index in [1.54, 1.807) is 0 Å². The summed E-state index contributed by atoms with van der Waals surface area (Å²) in [6.45, 7) is 6.49. The van der Waals surface area contributed by atoms with Gasteiger partial charge in [0.05, 0.1) is 0 Å². The van der Waals surface area contributed by atoms with Crippen LogP contribution in [0, 0.1) is 0 Å². The average molecular weight is 220 g/mol. The van der Waals surface area contributed by atoms with Gasteiger partial charge in [-0.2, -0.15) is 0 Å². The molecular formula is C14H24N2. The van der Waals surface area contributed by atoms with Gasteiger partial charge in [0.25, 0.3) is 0 Å². The fourth-order valence-electron chi connectivity index (χ4n) is 1.80. The maximum Gasteiger partial charge on any atom is 0.0233 e. The van der Waals surface area contributed by atoms with Gasteiger partial charge in [-0.15, -0.1) is 0 Å². The number of hydrogen-bond acceptors (Lipinski definition) is 2. The summed E-state index contributed by atoms with van der Waals surface area (Å²) in [5.41, 5.74) is 2.76. The van der Waals surface area contributed by atoms with Gasteiger partial charge in [-0.1, -0.05) is 31.2 Å². The van der Waals surface area contributed by atoms with E-state index in [-0.39, 0.29) is 0 Å². The minimum absolute atomic E-state index is 0.646. The standard InChI is InChI=1S/C14H24N2/c1-5-12(2)16(4)11-14-8-6-7-13(9-14)10-15-3/h6-9,12,15H,5,10-11H2,1-4H3. The quantitative estimate of drug-likeness (QED) is 0.793. The fraction of sp³-hybridized carbons (Fsp3) is 0.571. The van der Waals surface area contributed by atoms with Crippen LogP contribution in [-0.4, -0.2) is 25.0 Å². The van der Waals surface area contributed by atoms with Crippen molar-refractivity contribution in [2.75, 3.05) is 14.1 Å². The third kappa shape index (κ3) is 3.95. The van der Waals surface area contributed by atoms with Crippen LogP contribution >= 0.6 is 0 Å². The topological polar surface area (TPSA) is 15.3 Å². The highest BCUT2D eigenvalue weighted by Gasteiger charge is 2.07. The Morgan fingerprint density at radius 2 is 2.00 bits per heavy atom. The lowest BCUT2D eigenvalue weighted by Gasteiger charge is -2.23. The second-order valence-electron chi connectivity index (χ2n) is 4.52. The van der Waals surface area contributed by atoms with Crippen LogP contribution in [0.5, 0.6) is 0 Å². The molecule has 0 fully saturated rings. The molecule has 0 bridgehead atoms. The van der Waals surface area contributed by atoms with Gasteiger partial charge >= 0.3 is 0 Å². The molecule has 90 valence electrons. The number of nitrogens with zero attached hydrogens (tertiary/aromatic N) is 1. The average Bonchev–Trinajstić information content (AvgIpc) is 2.29. The van der Waals surface area contributed by atoms with Crippen LogP contribution in [-0.2, 0) is 13.1 Å². The van der Waals surface area contributed by atoms with Crippen LogP contribution in [0.3, 0.4) is 0 Å². The zero-order valence-electron chi connectivity index (χ0n) is 11.0. The molecule has 0 amide bonds. The highest BCUT2D eigenvalue weighted by atomic mass is 15.1.